The van der Waals surface area contributed by atoms with Gasteiger partial charge in [-0.3, -0.25) is 14.5 Å². The van der Waals surface area contributed by atoms with Crippen molar-refractivity contribution in [2.24, 2.45) is 5.92 Å². The van der Waals surface area contributed by atoms with Crippen LogP contribution in [0.2, 0.25) is 0 Å². The van der Waals surface area contributed by atoms with E-state index in [1.54, 1.807) is 4.90 Å². The van der Waals surface area contributed by atoms with E-state index in [2.05, 4.69) is 20.9 Å². The number of anilines is 1. The summed E-state index contributed by atoms with van der Waals surface area (Å²) in [5.41, 5.74) is 0. The Balaban J connectivity index is 2.17. The van der Waals surface area contributed by atoms with Crippen LogP contribution in [0, 0.1) is 5.92 Å². The number of carbonyl (C=O) groups is 2. The Kier molecular flexibility index (Phi) is 3.16. The number of rotatable bonds is 3. The molecule has 1 atom stereocenters. The number of nitrogens with zero attached hydrogens (tertiary/aromatic N) is 2. The fraction of sp³-hybridized carbons (Fsp3) is 0.444. The SMILES string of the molecule is O=Cc1cnc(N2CC(CBr)CC2=O)s1. The molecule has 0 radical (unpaired) electrons. The number of alkyl halides is 1. The normalized spacial score (nSPS) is 21.0. The summed E-state index contributed by atoms with van der Waals surface area (Å²) in [6.45, 7) is 0.690. The second-order valence-corrected chi connectivity index (χ2v) is 5.08. The average Bonchev–Trinajstić information content (AvgIpc) is 2.83. The van der Waals surface area contributed by atoms with Crippen LogP contribution < -0.4 is 4.90 Å². The maximum Gasteiger partial charge on any atom is 0.229 e. The molecule has 1 aromatic heterocycles. The number of hydrogen-bond donors (Lipinski definition) is 0. The largest absolute Gasteiger partial charge is 0.297 e. The van der Waals surface area contributed by atoms with Crippen molar-refractivity contribution in [1.29, 1.82) is 0 Å². The molecule has 0 bridgehead atoms. The van der Waals surface area contributed by atoms with Crippen molar-refractivity contribution < 1.29 is 9.59 Å². The number of aldehydes is 1. The average molecular weight is 289 g/mol. The van der Waals surface area contributed by atoms with Crippen LogP contribution in [0.15, 0.2) is 6.20 Å². The topological polar surface area (TPSA) is 50.3 Å². The van der Waals surface area contributed by atoms with Gasteiger partial charge in [0.2, 0.25) is 5.91 Å². The van der Waals surface area contributed by atoms with Gasteiger partial charge in [0, 0.05) is 18.3 Å². The van der Waals surface area contributed by atoms with Crippen LogP contribution in [-0.2, 0) is 4.79 Å². The van der Waals surface area contributed by atoms with Crippen molar-refractivity contribution in [3.8, 4) is 0 Å². The molecule has 15 heavy (non-hydrogen) atoms. The van der Waals surface area contributed by atoms with E-state index >= 15 is 0 Å². The van der Waals surface area contributed by atoms with Crippen LogP contribution in [0.3, 0.4) is 0 Å². The van der Waals surface area contributed by atoms with Crippen LogP contribution >= 0.6 is 27.3 Å². The minimum Gasteiger partial charge on any atom is -0.297 e. The third-order valence-electron chi connectivity index (χ3n) is 2.28. The molecule has 6 heteroatoms. The first-order chi connectivity index (χ1) is 7.24. The fourth-order valence-electron chi connectivity index (χ4n) is 1.53. The zero-order valence-corrected chi connectivity index (χ0v) is 10.3. The quantitative estimate of drug-likeness (QED) is 0.628. The Hall–Kier alpha value is -0.750. The lowest BCUT2D eigenvalue weighted by molar-refractivity contribution is -0.117. The highest BCUT2D eigenvalue weighted by molar-refractivity contribution is 9.09. The summed E-state index contributed by atoms with van der Waals surface area (Å²) in [6, 6.07) is 0. The summed E-state index contributed by atoms with van der Waals surface area (Å²) in [4.78, 5) is 28.4. The van der Waals surface area contributed by atoms with Gasteiger partial charge >= 0.3 is 0 Å². The third-order valence-corrected chi connectivity index (χ3v) is 4.14. The third kappa shape index (κ3) is 2.10. The molecule has 1 fully saturated rings. The van der Waals surface area contributed by atoms with Crippen LogP contribution in [0.4, 0.5) is 5.13 Å². The van der Waals surface area contributed by atoms with E-state index in [1.165, 1.54) is 17.5 Å². The lowest BCUT2D eigenvalue weighted by Gasteiger charge is -2.11. The zero-order valence-electron chi connectivity index (χ0n) is 7.85. The standard InChI is InChI=1S/C9H9BrN2O2S/c10-2-6-1-8(14)12(4-6)9-11-3-7(5-13)15-9/h3,5-6H,1-2,4H2. The molecule has 1 unspecified atom stereocenters. The molecule has 80 valence electrons. The van der Waals surface area contributed by atoms with Gasteiger partial charge in [0.25, 0.3) is 0 Å². The molecule has 1 amide bonds. The summed E-state index contributed by atoms with van der Waals surface area (Å²) < 4.78 is 0. The Morgan fingerprint density at radius 2 is 2.53 bits per heavy atom. The molecule has 1 aromatic rings. The van der Waals surface area contributed by atoms with Crippen LogP contribution in [0.5, 0.6) is 0 Å². The molecule has 1 saturated heterocycles. The molecule has 2 heterocycles. The monoisotopic (exact) mass is 288 g/mol. The Labute approximate surface area is 99.4 Å². The van der Waals surface area contributed by atoms with Crippen molar-refractivity contribution in [3.63, 3.8) is 0 Å². The molecule has 0 aliphatic carbocycles. The predicted molar refractivity (Wildman–Crippen MR) is 61.8 cm³/mol. The van der Waals surface area contributed by atoms with Gasteiger partial charge in [-0.25, -0.2) is 4.98 Å². The van der Waals surface area contributed by atoms with Crippen molar-refractivity contribution in [2.75, 3.05) is 16.8 Å². The Morgan fingerprint density at radius 3 is 3.07 bits per heavy atom. The molecular formula is C9H9BrN2O2S. The van der Waals surface area contributed by atoms with E-state index in [-0.39, 0.29) is 5.91 Å². The first kappa shape index (κ1) is 10.8. The van der Waals surface area contributed by atoms with E-state index in [0.717, 1.165) is 11.6 Å². The number of carbonyl (C=O) groups excluding carboxylic acids is 2. The summed E-state index contributed by atoms with van der Waals surface area (Å²) in [7, 11) is 0. The van der Waals surface area contributed by atoms with Gasteiger partial charge in [0.1, 0.15) is 0 Å². The fourth-order valence-corrected chi connectivity index (χ4v) is 2.72. The van der Waals surface area contributed by atoms with Crippen LogP contribution in [-0.4, -0.2) is 29.1 Å². The first-order valence-electron chi connectivity index (χ1n) is 4.52. The number of amides is 1. The van der Waals surface area contributed by atoms with Gasteiger partial charge in [-0.1, -0.05) is 27.3 Å². The van der Waals surface area contributed by atoms with E-state index in [1.807, 2.05) is 0 Å². The summed E-state index contributed by atoms with van der Waals surface area (Å²) in [6.07, 6.45) is 2.81. The van der Waals surface area contributed by atoms with E-state index in [4.69, 9.17) is 0 Å². The van der Waals surface area contributed by atoms with Crippen molar-refractivity contribution >= 4 is 44.6 Å². The predicted octanol–water partition coefficient (Wildman–Crippen LogP) is 1.70. The van der Waals surface area contributed by atoms with Crippen LogP contribution in [0.25, 0.3) is 0 Å². The van der Waals surface area contributed by atoms with Crippen molar-refractivity contribution in [1.82, 2.24) is 4.98 Å². The van der Waals surface area contributed by atoms with Gasteiger partial charge in [0.05, 0.1) is 11.1 Å². The van der Waals surface area contributed by atoms with Gasteiger partial charge in [-0.15, -0.1) is 0 Å². The molecule has 0 aromatic carbocycles. The number of aromatic nitrogens is 1. The molecule has 1 aliphatic heterocycles. The molecular weight excluding hydrogens is 280 g/mol. The molecule has 2 rings (SSSR count). The number of halogens is 1. The second kappa shape index (κ2) is 4.40. The lowest BCUT2D eigenvalue weighted by atomic mass is 10.2. The minimum atomic E-state index is 0.0891. The lowest BCUT2D eigenvalue weighted by Crippen LogP contribution is -2.24. The van der Waals surface area contributed by atoms with Gasteiger partial charge in [-0.2, -0.15) is 0 Å². The van der Waals surface area contributed by atoms with Gasteiger partial charge in [-0.05, 0) is 5.92 Å². The highest BCUT2D eigenvalue weighted by Crippen LogP contribution is 2.28. The van der Waals surface area contributed by atoms with Crippen molar-refractivity contribution in [2.45, 2.75) is 6.42 Å². The summed E-state index contributed by atoms with van der Waals surface area (Å²) in [5.74, 6) is 0.437. The smallest absolute Gasteiger partial charge is 0.229 e. The number of thiazole rings is 1. The van der Waals surface area contributed by atoms with Crippen molar-refractivity contribution in [3.05, 3.63) is 11.1 Å². The highest BCUT2D eigenvalue weighted by Gasteiger charge is 2.31. The molecule has 0 saturated carbocycles. The summed E-state index contributed by atoms with van der Waals surface area (Å²) in [5, 5.41) is 1.45. The maximum atomic E-state index is 11.6. The Morgan fingerprint density at radius 1 is 1.73 bits per heavy atom. The van der Waals surface area contributed by atoms with Gasteiger partial charge < -0.3 is 0 Å². The molecule has 0 spiro atoms. The zero-order chi connectivity index (χ0) is 10.8. The Bertz CT molecular complexity index is 393. The van der Waals surface area contributed by atoms with Crippen LogP contribution in [0.1, 0.15) is 16.1 Å². The molecule has 1 aliphatic rings. The molecule has 4 nitrogen and oxygen atoms in total. The maximum absolute atomic E-state index is 11.6. The number of hydrogen-bond acceptors (Lipinski definition) is 4. The van der Waals surface area contributed by atoms with Gasteiger partial charge in [0.15, 0.2) is 11.4 Å². The first-order valence-corrected chi connectivity index (χ1v) is 6.45. The summed E-state index contributed by atoms with van der Waals surface area (Å²) >= 11 is 4.63. The molecule has 0 N–H and O–H groups in total. The second-order valence-electron chi connectivity index (χ2n) is 3.39. The van der Waals surface area contributed by atoms with E-state index in [0.29, 0.717) is 28.9 Å². The van der Waals surface area contributed by atoms with E-state index in [9.17, 15) is 9.59 Å². The van der Waals surface area contributed by atoms with E-state index < -0.39 is 0 Å². The highest BCUT2D eigenvalue weighted by atomic mass is 79.9. The minimum absolute atomic E-state index is 0.0891.